The van der Waals surface area contributed by atoms with E-state index in [2.05, 4.69) is 5.32 Å². The molecule has 1 atom stereocenters. The normalized spacial score (nSPS) is 26.2. The van der Waals surface area contributed by atoms with Crippen LogP contribution in [0.1, 0.15) is 0 Å². The van der Waals surface area contributed by atoms with Gasteiger partial charge in [-0.25, -0.2) is 0 Å². The smallest absolute Gasteiger partial charge is 0.133 e. The molecule has 1 fully saturated rings. The summed E-state index contributed by atoms with van der Waals surface area (Å²) in [4.78, 5) is 0. The van der Waals surface area contributed by atoms with Crippen molar-refractivity contribution in [2.24, 2.45) is 5.73 Å². The first-order chi connectivity index (χ1) is 4.79. The molecule has 3 nitrogen and oxygen atoms in total. The predicted octanol–water partition coefficient (Wildman–Crippen LogP) is -0.0909. The summed E-state index contributed by atoms with van der Waals surface area (Å²) in [5.41, 5.74) is 5.43. The molecule has 0 aliphatic carbocycles. The van der Waals surface area contributed by atoms with E-state index in [4.69, 9.17) is 22.7 Å². The highest BCUT2D eigenvalue weighted by molar-refractivity contribution is 8.23. The van der Waals surface area contributed by atoms with Gasteiger partial charge in [-0.2, -0.15) is 0 Å². The Kier molecular flexibility index (Phi) is 3.41. The lowest BCUT2D eigenvalue weighted by atomic mass is 10.5. The van der Waals surface area contributed by atoms with Crippen molar-refractivity contribution in [1.82, 2.24) is 5.32 Å². The monoisotopic (exact) mass is 178 g/mol. The molecule has 1 saturated heterocycles. The fourth-order valence-electron chi connectivity index (χ4n) is 0.747. The zero-order chi connectivity index (χ0) is 7.40. The molecule has 0 amide bonds. The Morgan fingerprint density at radius 3 is 3.10 bits per heavy atom. The van der Waals surface area contributed by atoms with Gasteiger partial charge in [0.05, 0.1) is 6.61 Å². The Labute approximate surface area is 69.7 Å². The van der Waals surface area contributed by atoms with Crippen molar-refractivity contribution in [3.63, 3.8) is 0 Å². The van der Waals surface area contributed by atoms with Crippen LogP contribution in [0.4, 0.5) is 0 Å². The van der Waals surface area contributed by atoms with E-state index in [0.717, 1.165) is 19.7 Å². The Balaban J connectivity index is 2.19. The summed E-state index contributed by atoms with van der Waals surface area (Å²) in [6.07, 6.45) is 0. The second kappa shape index (κ2) is 4.12. The molecule has 1 aliphatic heterocycles. The molecule has 5 heteroatoms. The third kappa shape index (κ3) is 2.83. The molecule has 10 heavy (non-hydrogen) atoms. The topological polar surface area (TPSA) is 47.3 Å². The Hall–Kier alpha value is 0.160. The number of nitrogens with two attached hydrogens (primary N) is 1. The van der Waals surface area contributed by atoms with E-state index in [1.165, 1.54) is 11.8 Å². The third-order valence-electron chi connectivity index (χ3n) is 1.14. The number of nitrogens with one attached hydrogen (secondary N) is 1. The number of hydrogen-bond acceptors (Lipinski definition) is 4. The van der Waals surface area contributed by atoms with Gasteiger partial charge in [-0.1, -0.05) is 24.0 Å². The zero-order valence-electron chi connectivity index (χ0n) is 5.50. The number of hydrogen-bond donors (Lipinski definition) is 2. The van der Waals surface area contributed by atoms with Crippen LogP contribution < -0.4 is 11.1 Å². The minimum atomic E-state index is 0.117. The fourth-order valence-corrected chi connectivity index (χ4v) is 1.69. The van der Waals surface area contributed by atoms with Gasteiger partial charge >= 0.3 is 0 Å². The second-order valence-electron chi connectivity index (χ2n) is 1.94. The first kappa shape index (κ1) is 8.26. The molecule has 0 aromatic rings. The van der Waals surface area contributed by atoms with Crippen LogP contribution in [0.15, 0.2) is 0 Å². The van der Waals surface area contributed by atoms with Crippen molar-refractivity contribution in [2.45, 2.75) is 5.44 Å². The molecular formula is C5H10N2OS2. The van der Waals surface area contributed by atoms with E-state index < -0.39 is 0 Å². The molecule has 0 radical (unpaired) electrons. The summed E-state index contributed by atoms with van der Waals surface area (Å²) >= 11 is 6.11. The van der Waals surface area contributed by atoms with Crippen LogP contribution in [0.5, 0.6) is 0 Å². The van der Waals surface area contributed by atoms with Crippen LogP contribution in [0.25, 0.3) is 0 Å². The minimum absolute atomic E-state index is 0.117. The van der Waals surface area contributed by atoms with Crippen molar-refractivity contribution in [3.05, 3.63) is 0 Å². The van der Waals surface area contributed by atoms with Gasteiger partial charge in [0.1, 0.15) is 9.76 Å². The van der Waals surface area contributed by atoms with E-state index in [-0.39, 0.29) is 5.44 Å². The SMILES string of the molecule is NC(=S)SC1CNCCO1. The van der Waals surface area contributed by atoms with Gasteiger partial charge < -0.3 is 15.8 Å². The summed E-state index contributed by atoms with van der Waals surface area (Å²) in [5, 5.41) is 3.18. The molecule has 0 aromatic carbocycles. The molecule has 0 spiro atoms. The Bertz CT molecular complexity index is 125. The summed E-state index contributed by atoms with van der Waals surface area (Å²) in [6.45, 7) is 2.51. The zero-order valence-corrected chi connectivity index (χ0v) is 7.13. The number of rotatable bonds is 1. The van der Waals surface area contributed by atoms with Crippen LogP contribution >= 0.6 is 24.0 Å². The highest BCUT2D eigenvalue weighted by atomic mass is 32.2. The summed E-state index contributed by atoms with van der Waals surface area (Å²) in [7, 11) is 0. The highest BCUT2D eigenvalue weighted by Gasteiger charge is 2.13. The standard InChI is InChI=1S/C5H10N2OS2/c6-5(9)10-4-3-7-1-2-8-4/h4,7H,1-3H2,(H2,6,9). The van der Waals surface area contributed by atoms with Gasteiger partial charge in [-0.05, 0) is 0 Å². The first-order valence-corrected chi connectivity index (χ1v) is 4.36. The average molecular weight is 178 g/mol. The maximum atomic E-state index is 5.32. The number of thioether (sulfide) groups is 1. The number of thiocarbonyl (C=S) groups is 1. The van der Waals surface area contributed by atoms with Crippen LogP contribution in [0.2, 0.25) is 0 Å². The summed E-state index contributed by atoms with van der Waals surface area (Å²) < 4.78 is 5.77. The van der Waals surface area contributed by atoms with Crippen molar-refractivity contribution in [1.29, 1.82) is 0 Å². The van der Waals surface area contributed by atoms with Gasteiger partial charge in [0, 0.05) is 13.1 Å². The molecule has 0 aromatic heterocycles. The van der Waals surface area contributed by atoms with Crippen LogP contribution in [-0.2, 0) is 4.74 Å². The Morgan fingerprint density at radius 2 is 2.60 bits per heavy atom. The average Bonchev–Trinajstić information content (AvgIpc) is 1.88. The van der Waals surface area contributed by atoms with Crippen molar-refractivity contribution < 1.29 is 4.74 Å². The quantitative estimate of drug-likeness (QED) is 0.550. The van der Waals surface area contributed by atoms with Gasteiger partial charge in [0.25, 0.3) is 0 Å². The Morgan fingerprint density at radius 1 is 1.80 bits per heavy atom. The lowest BCUT2D eigenvalue weighted by molar-refractivity contribution is 0.0860. The van der Waals surface area contributed by atoms with Crippen LogP contribution in [0.3, 0.4) is 0 Å². The maximum Gasteiger partial charge on any atom is 0.133 e. The van der Waals surface area contributed by atoms with Crippen molar-refractivity contribution in [3.8, 4) is 0 Å². The molecule has 1 aliphatic rings. The second-order valence-corrected chi connectivity index (χ2v) is 3.84. The van der Waals surface area contributed by atoms with Gasteiger partial charge in [0.15, 0.2) is 0 Å². The molecule has 1 rings (SSSR count). The van der Waals surface area contributed by atoms with Crippen LogP contribution in [-0.4, -0.2) is 29.5 Å². The third-order valence-corrected chi connectivity index (χ3v) is 2.23. The summed E-state index contributed by atoms with van der Waals surface area (Å²) in [5.74, 6) is 0. The molecule has 0 saturated carbocycles. The van der Waals surface area contributed by atoms with Crippen molar-refractivity contribution in [2.75, 3.05) is 19.7 Å². The van der Waals surface area contributed by atoms with E-state index in [9.17, 15) is 0 Å². The van der Waals surface area contributed by atoms with Gasteiger partial charge in [-0.15, -0.1) is 0 Å². The van der Waals surface area contributed by atoms with E-state index in [1.54, 1.807) is 0 Å². The molecule has 58 valence electrons. The van der Waals surface area contributed by atoms with Gasteiger partial charge in [-0.3, -0.25) is 0 Å². The number of morpholine rings is 1. The first-order valence-electron chi connectivity index (χ1n) is 3.07. The molecule has 1 unspecified atom stereocenters. The van der Waals surface area contributed by atoms with Crippen molar-refractivity contribution >= 4 is 28.3 Å². The molecule has 1 heterocycles. The number of ether oxygens (including phenoxy) is 1. The van der Waals surface area contributed by atoms with E-state index in [1.807, 2.05) is 0 Å². The minimum Gasteiger partial charge on any atom is -0.385 e. The molecule has 3 N–H and O–H groups in total. The molecule has 0 bridgehead atoms. The van der Waals surface area contributed by atoms with Gasteiger partial charge in [0.2, 0.25) is 0 Å². The lowest BCUT2D eigenvalue weighted by Crippen LogP contribution is -2.37. The molecular weight excluding hydrogens is 168 g/mol. The maximum absolute atomic E-state index is 5.32. The predicted molar refractivity (Wildman–Crippen MR) is 47.0 cm³/mol. The van der Waals surface area contributed by atoms with Crippen LogP contribution in [0, 0.1) is 0 Å². The largest absolute Gasteiger partial charge is 0.385 e. The summed E-state index contributed by atoms with van der Waals surface area (Å²) in [6, 6.07) is 0. The lowest BCUT2D eigenvalue weighted by Gasteiger charge is -2.21. The van der Waals surface area contributed by atoms with E-state index >= 15 is 0 Å². The van der Waals surface area contributed by atoms with E-state index in [0.29, 0.717) is 4.32 Å². The fraction of sp³-hybridized carbons (Fsp3) is 0.800. The highest BCUT2D eigenvalue weighted by Crippen LogP contribution is 2.12.